The maximum atomic E-state index is 8.44. The number of nitrogens with one attached hydrogen (secondary N) is 1. The number of rotatable bonds is 2. The number of fused-ring (bicyclic) bond motifs is 1. The second-order valence-corrected chi connectivity index (χ2v) is 4.91. The van der Waals surface area contributed by atoms with Crippen molar-refractivity contribution in [2.24, 2.45) is 0 Å². The van der Waals surface area contributed by atoms with Gasteiger partial charge in [0.2, 0.25) is 6.16 Å². The maximum absolute atomic E-state index is 8.44. The van der Waals surface area contributed by atoms with Crippen molar-refractivity contribution in [1.29, 1.82) is 0 Å². The van der Waals surface area contributed by atoms with E-state index in [1.807, 2.05) is 0 Å². The van der Waals surface area contributed by atoms with Crippen LogP contribution in [0.15, 0.2) is 24.3 Å². The summed E-state index contributed by atoms with van der Waals surface area (Å²) >= 11 is 0. The minimum Gasteiger partial charge on any atom is -0.565 e. The molecule has 5 heteroatoms. The fourth-order valence-corrected chi connectivity index (χ4v) is 2.10. The van der Waals surface area contributed by atoms with Gasteiger partial charge in [0.1, 0.15) is 0 Å². The minimum absolute atomic E-state index is 0.499. The highest BCUT2D eigenvalue weighted by Gasteiger charge is 2.22. The number of benzene rings is 1. The van der Waals surface area contributed by atoms with Gasteiger partial charge in [-0.15, -0.1) is 0 Å². The highest BCUT2D eigenvalue weighted by molar-refractivity contribution is 5.71. The Labute approximate surface area is 112 Å². The highest BCUT2D eigenvalue weighted by atomic mass is 16.6. The van der Waals surface area contributed by atoms with Gasteiger partial charge in [0, 0.05) is 0 Å². The van der Waals surface area contributed by atoms with Crippen LogP contribution in [0.4, 0.5) is 4.79 Å². The van der Waals surface area contributed by atoms with Crippen LogP contribution < -0.4 is 9.67 Å². The molecule has 2 aromatic rings. The fraction of sp³-hybridized carbons (Fsp3) is 0.429. The highest BCUT2D eigenvalue weighted by Crippen LogP contribution is 2.17. The number of carboxylic acid groups (broad SMARTS) is 2. The quantitative estimate of drug-likeness (QED) is 0.815. The predicted molar refractivity (Wildman–Crippen MR) is 71.0 cm³/mol. The third-order valence-electron chi connectivity index (χ3n) is 2.75. The fourth-order valence-electron chi connectivity index (χ4n) is 2.10. The maximum Gasteiger partial charge on any atom is 0.257 e. The zero-order valence-electron chi connectivity index (χ0n) is 11.7. The molecule has 0 spiro atoms. The summed E-state index contributed by atoms with van der Waals surface area (Å²) in [7, 11) is 0. The first-order valence-corrected chi connectivity index (χ1v) is 6.26. The molecule has 2 rings (SSSR count). The molecule has 1 heterocycles. The van der Waals surface area contributed by atoms with Gasteiger partial charge in [0.25, 0.3) is 5.82 Å². The lowest BCUT2D eigenvalue weighted by Gasteiger charge is -2.07. The van der Waals surface area contributed by atoms with Crippen LogP contribution in [-0.4, -0.2) is 16.2 Å². The Bertz CT molecular complexity index is 555. The average molecular weight is 264 g/mol. The number of nitrogens with zero attached hydrogens (tertiary/aromatic N) is 1. The Hall–Kier alpha value is -2.04. The number of aromatic nitrogens is 2. The lowest BCUT2D eigenvalue weighted by molar-refractivity contribution is -0.699. The summed E-state index contributed by atoms with van der Waals surface area (Å²) in [6.07, 6.45) is -2.08. The third-order valence-corrected chi connectivity index (χ3v) is 2.75. The smallest absolute Gasteiger partial charge is 0.257 e. The SMILES string of the molecule is CC(C)c1[nH]c2ccccc2[n+]1C(C)C.O=C([O-])O. The number of aromatic amines is 1. The zero-order chi connectivity index (χ0) is 14.6. The summed E-state index contributed by atoms with van der Waals surface area (Å²) in [5.74, 6) is 1.84. The Balaban J connectivity index is 0.000000399. The molecule has 0 amide bonds. The van der Waals surface area contributed by atoms with Crippen molar-refractivity contribution in [2.75, 3.05) is 0 Å². The van der Waals surface area contributed by atoms with Crippen LogP contribution in [0.2, 0.25) is 0 Å². The molecule has 2 N–H and O–H groups in total. The Morgan fingerprint density at radius 2 is 1.79 bits per heavy atom. The molecule has 0 radical (unpaired) electrons. The van der Waals surface area contributed by atoms with E-state index in [2.05, 4.69) is 61.5 Å². The molecule has 0 bridgehead atoms. The first kappa shape index (κ1) is 15.0. The molecular formula is C14H20N2O3. The summed E-state index contributed by atoms with van der Waals surface area (Å²) in [5, 5.41) is 15.3. The average Bonchev–Trinajstić information content (AvgIpc) is 2.67. The van der Waals surface area contributed by atoms with Crippen LogP contribution in [0.3, 0.4) is 0 Å². The molecule has 0 aliphatic rings. The molecular weight excluding hydrogens is 244 g/mol. The minimum atomic E-state index is -2.08. The van der Waals surface area contributed by atoms with E-state index in [4.69, 9.17) is 15.0 Å². The van der Waals surface area contributed by atoms with Crippen molar-refractivity contribution >= 4 is 17.2 Å². The Morgan fingerprint density at radius 3 is 2.26 bits per heavy atom. The topological polar surface area (TPSA) is 80.0 Å². The number of hydrogen-bond acceptors (Lipinski definition) is 2. The summed E-state index contributed by atoms with van der Waals surface area (Å²) in [6.45, 7) is 8.91. The van der Waals surface area contributed by atoms with Crippen molar-refractivity contribution in [3.05, 3.63) is 30.1 Å². The molecule has 0 aliphatic heterocycles. The second kappa shape index (κ2) is 6.22. The first-order valence-electron chi connectivity index (χ1n) is 6.26. The number of H-pyrrole nitrogens is 1. The van der Waals surface area contributed by atoms with Gasteiger partial charge in [-0.2, -0.15) is 0 Å². The van der Waals surface area contributed by atoms with Crippen molar-refractivity contribution in [3.8, 4) is 0 Å². The molecule has 0 atom stereocenters. The molecule has 5 nitrogen and oxygen atoms in total. The van der Waals surface area contributed by atoms with E-state index in [1.165, 1.54) is 16.9 Å². The van der Waals surface area contributed by atoms with E-state index in [1.54, 1.807) is 0 Å². The lowest BCUT2D eigenvalue weighted by atomic mass is 10.2. The molecule has 104 valence electrons. The molecule has 0 aliphatic carbocycles. The molecule has 0 unspecified atom stereocenters. The van der Waals surface area contributed by atoms with Gasteiger partial charge >= 0.3 is 0 Å². The summed E-state index contributed by atoms with van der Waals surface area (Å²) in [5.41, 5.74) is 2.53. The summed E-state index contributed by atoms with van der Waals surface area (Å²) in [4.78, 5) is 12.0. The van der Waals surface area contributed by atoms with Crippen molar-refractivity contribution < 1.29 is 19.6 Å². The predicted octanol–water partition coefficient (Wildman–Crippen LogP) is 2.05. The summed E-state index contributed by atoms with van der Waals surface area (Å²) in [6, 6.07) is 8.99. The van der Waals surface area contributed by atoms with E-state index in [0.29, 0.717) is 12.0 Å². The lowest BCUT2D eigenvalue weighted by Crippen LogP contribution is -2.39. The Morgan fingerprint density at radius 1 is 1.26 bits per heavy atom. The van der Waals surface area contributed by atoms with Crippen molar-refractivity contribution in [2.45, 2.75) is 39.7 Å². The van der Waals surface area contributed by atoms with E-state index < -0.39 is 6.16 Å². The molecule has 0 saturated carbocycles. The largest absolute Gasteiger partial charge is 0.565 e. The number of hydrogen-bond donors (Lipinski definition) is 2. The van der Waals surface area contributed by atoms with Crippen molar-refractivity contribution in [3.63, 3.8) is 0 Å². The molecule has 0 fully saturated rings. The molecule has 0 saturated heterocycles. The van der Waals surface area contributed by atoms with Crippen LogP contribution in [-0.2, 0) is 0 Å². The standard InChI is InChI=1S/C13H18N2.CH2O3/c1-9(2)13-14-11-7-5-6-8-12(11)15(13)10(3)4;2-1(3)4/h5-10H,1-4H3;(H2,2,3,4). The zero-order valence-corrected chi connectivity index (χ0v) is 11.7. The molecule has 1 aromatic carbocycles. The normalized spacial score (nSPS) is 10.6. The number of carbonyl (C=O) groups is 1. The van der Waals surface area contributed by atoms with Crippen LogP contribution in [0.1, 0.15) is 45.5 Å². The van der Waals surface area contributed by atoms with Crippen LogP contribution in [0.25, 0.3) is 11.0 Å². The van der Waals surface area contributed by atoms with Crippen LogP contribution in [0, 0.1) is 0 Å². The number of imidazole rings is 1. The van der Waals surface area contributed by atoms with Gasteiger partial charge in [0.15, 0.2) is 11.0 Å². The molecule has 1 aromatic heterocycles. The van der Waals surface area contributed by atoms with Crippen LogP contribution in [0.5, 0.6) is 0 Å². The van der Waals surface area contributed by atoms with Gasteiger partial charge in [-0.25, -0.2) is 9.55 Å². The van der Waals surface area contributed by atoms with E-state index in [-0.39, 0.29) is 0 Å². The second-order valence-electron chi connectivity index (χ2n) is 4.91. The van der Waals surface area contributed by atoms with Crippen molar-refractivity contribution in [1.82, 2.24) is 4.98 Å². The first-order chi connectivity index (χ1) is 8.84. The van der Waals surface area contributed by atoms with E-state index >= 15 is 0 Å². The van der Waals surface area contributed by atoms with E-state index in [0.717, 1.165) is 0 Å². The van der Waals surface area contributed by atoms with E-state index in [9.17, 15) is 0 Å². The third kappa shape index (κ3) is 3.71. The van der Waals surface area contributed by atoms with Gasteiger partial charge in [-0.3, -0.25) is 0 Å². The van der Waals surface area contributed by atoms with Gasteiger partial charge in [-0.05, 0) is 26.0 Å². The Kier molecular flexibility index (Phi) is 4.92. The summed E-state index contributed by atoms with van der Waals surface area (Å²) < 4.78 is 2.39. The number of para-hydroxylation sites is 2. The monoisotopic (exact) mass is 264 g/mol. The van der Waals surface area contributed by atoms with Gasteiger partial charge in [-0.1, -0.05) is 26.0 Å². The molecule has 19 heavy (non-hydrogen) atoms. The van der Waals surface area contributed by atoms with Crippen LogP contribution >= 0.6 is 0 Å². The van der Waals surface area contributed by atoms with Gasteiger partial charge < -0.3 is 15.0 Å². The van der Waals surface area contributed by atoms with Gasteiger partial charge in [0.05, 0.1) is 12.0 Å².